The van der Waals surface area contributed by atoms with Gasteiger partial charge in [0.1, 0.15) is 11.6 Å². The zero-order valence-electron chi connectivity index (χ0n) is 14.7. The Bertz CT molecular complexity index is 737. The lowest BCUT2D eigenvalue weighted by molar-refractivity contribution is -0.139. The summed E-state index contributed by atoms with van der Waals surface area (Å²) < 4.78 is 18.4. The molecule has 0 radical (unpaired) electrons. The summed E-state index contributed by atoms with van der Waals surface area (Å²) in [7, 11) is 0. The number of piperazine rings is 1. The number of halogens is 1. The summed E-state index contributed by atoms with van der Waals surface area (Å²) in [6, 6.07) is 10.0. The number of benzene rings is 1. The van der Waals surface area contributed by atoms with E-state index in [0.717, 1.165) is 11.3 Å². The maximum Gasteiger partial charge on any atom is 0.223 e. The smallest absolute Gasteiger partial charge is 0.223 e. The average Bonchev–Trinajstić information content (AvgIpc) is 3.18. The van der Waals surface area contributed by atoms with E-state index in [-0.39, 0.29) is 17.6 Å². The van der Waals surface area contributed by atoms with Gasteiger partial charge in [-0.05, 0) is 36.2 Å². The Hall–Kier alpha value is -2.63. The van der Waals surface area contributed by atoms with Crippen LogP contribution in [0.4, 0.5) is 4.39 Å². The van der Waals surface area contributed by atoms with E-state index < -0.39 is 0 Å². The highest BCUT2D eigenvalue weighted by Gasteiger charge is 2.23. The van der Waals surface area contributed by atoms with E-state index in [9.17, 15) is 14.0 Å². The van der Waals surface area contributed by atoms with Gasteiger partial charge in [-0.25, -0.2) is 4.39 Å². The second-order valence-electron chi connectivity index (χ2n) is 6.47. The molecule has 1 aliphatic heterocycles. The highest BCUT2D eigenvalue weighted by atomic mass is 19.1. The summed E-state index contributed by atoms with van der Waals surface area (Å²) in [5.41, 5.74) is 0.824. The minimum Gasteiger partial charge on any atom is -0.469 e. The van der Waals surface area contributed by atoms with Gasteiger partial charge in [0.15, 0.2) is 0 Å². The molecule has 0 spiro atoms. The van der Waals surface area contributed by atoms with Gasteiger partial charge in [-0.2, -0.15) is 0 Å². The summed E-state index contributed by atoms with van der Waals surface area (Å²) in [4.78, 5) is 28.2. The summed E-state index contributed by atoms with van der Waals surface area (Å²) >= 11 is 0. The van der Waals surface area contributed by atoms with Crippen LogP contribution in [-0.2, 0) is 22.4 Å². The van der Waals surface area contributed by atoms with Crippen molar-refractivity contribution in [3.8, 4) is 0 Å². The summed E-state index contributed by atoms with van der Waals surface area (Å²) in [6.07, 6.45) is 3.50. The third kappa shape index (κ3) is 4.94. The zero-order chi connectivity index (χ0) is 18.4. The fourth-order valence-corrected chi connectivity index (χ4v) is 3.15. The maximum atomic E-state index is 13.2. The van der Waals surface area contributed by atoms with Crippen LogP contribution in [0.15, 0.2) is 47.1 Å². The van der Waals surface area contributed by atoms with Gasteiger partial charge in [0.25, 0.3) is 0 Å². The fraction of sp³-hybridized carbons (Fsp3) is 0.400. The maximum absolute atomic E-state index is 13.2. The molecular formula is C20H23FN2O3. The molecule has 2 amide bonds. The lowest BCUT2D eigenvalue weighted by Gasteiger charge is -2.35. The second-order valence-corrected chi connectivity index (χ2v) is 6.47. The first-order valence-electron chi connectivity index (χ1n) is 8.94. The lowest BCUT2D eigenvalue weighted by Crippen LogP contribution is -2.50. The highest BCUT2D eigenvalue weighted by Crippen LogP contribution is 2.11. The van der Waals surface area contributed by atoms with Gasteiger partial charge in [-0.3, -0.25) is 9.59 Å². The van der Waals surface area contributed by atoms with Gasteiger partial charge in [0, 0.05) is 45.4 Å². The van der Waals surface area contributed by atoms with Gasteiger partial charge in [-0.15, -0.1) is 0 Å². The summed E-state index contributed by atoms with van der Waals surface area (Å²) in [6.45, 7) is 2.22. The van der Waals surface area contributed by atoms with Crippen LogP contribution < -0.4 is 0 Å². The van der Waals surface area contributed by atoms with E-state index in [1.807, 2.05) is 18.2 Å². The molecule has 138 valence electrons. The summed E-state index contributed by atoms with van der Waals surface area (Å²) in [5.74, 6) is 0.673. The van der Waals surface area contributed by atoms with E-state index in [1.165, 1.54) is 12.1 Å². The van der Waals surface area contributed by atoms with E-state index in [2.05, 4.69) is 0 Å². The van der Waals surface area contributed by atoms with Gasteiger partial charge in [-0.1, -0.05) is 12.1 Å². The molecule has 1 saturated heterocycles. The minimum absolute atomic E-state index is 0.0527. The fourth-order valence-electron chi connectivity index (χ4n) is 3.15. The molecule has 1 fully saturated rings. The van der Waals surface area contributed by atoms with E-state index >= 15 is 0 Å². The standard InChI is InChI=1S/C20H23FN2O3/c21-17-4-1-3-16(15-17)6-8-19(24)22-10-12-23(13-11-22)20(25)9-7-18-5-2-14-26-18/h1-5,14-15H,6-13H2. The third-order valence-electron chi connectivity index (χ3n) is 4.67. The van der Waals surface area contributed by atoms with Crippen LogP contribution in [-0.4, -0.2) is 47.8 Å². The Morgan fingerprint density at radius 3 is 2.15 bits per heavy atom. The Kier molecular flexibility index (Phi) is 6.04. The topological polar surface area (TPSA) is 53.8 Å². The number of nitrogens with zero attached hydrogens (tertiary/aromatic N) is 2. The molecule has 0 atom stereocenters. The highest BCUT2D eigenvalue weighted by molar-refractivity contribution is 5.78. The van der Waals surface area contributed by atoms with E-state index in [0.29, 0.717) is 51.9 Å². The number of rotatable bonds is 6. The molecule has 26 heavy (non-hydrogen) atoms. The number of hydrogen-bond donors (Lipinski definition) is 0. The number of hydrogen-bond acceptors (Lipinski definition) is 3. The number of amides is 2. The molecule has 1 aromatic heterocycles. The van der Waals surface area contributed by atoms with Crippen LogP contribution >= 0.6 is 0 Å². The van der Waals surface area contributed by atoms with Crippen LogP contribution in [0, 0.1) is 5.82 Å². The molecular weight excluding hydrogens is 335 g/mol. The molecule has 2 aromatic rings. The predicted octanol–water partition coefficient (Wildman–Crippen LogP) is 2.65. The molecule has 0 bridgehead atoms. The van der Waals surface area contributed by atoms with Gasteiger partial charge in [0.2, 0.25) is 11.8 Å². The molecule has 0 unspecified atom stereocenters. The van der Waals surface area contributed by atoms with Gasteiger partial charge in [0.05, 0.1) is 6.26 Å². The Morgan fingerprint density at radius 2 is 1.58 bits per heavy atom. The number of carbonyl (C=O) groups is 2. The first kappa shape index (κ1) is 18.2. The van der Waals surface area contributed by atoms with E-state index in [1.54, 1.807) is 22.1 Å². The zero-order valence-corrected chi connectivity index (χ0v) is 14.7. The normalized spacial score (nSPS) is 14.5. The van der Waals surface area contributed by atoms with Crippen molar-refractivity contribution in [3.63, 3.8) is 0 Å². The van der Waals surface area contributed by atoms with E-state index in [4.69, 9.17) is 4.42 Å². The quantitative estimate of drug-likeness (QED) is 0.798. The largest absolute Gasteiger partial charge is 0.469 e. The third-order valence-corrected chi connectivity index (χ3v) is 4.67. The molecule has 0 saturated carbocycles. The predicted molar refractivity (Wildman–Crippen MR) is 94.9 cm³/mol. The Morgan fingerprint density at radius 1 is 0.923 bits per heavy atom. The lowest BCUT2D eigenvalue weighted by atomic mass is 10.1. The monoisotopic (exact) mass is 358 g/mol. The van der Waals surface area contributed by atoms with Crippen molar-refractivity contribution in [3.05, 3.63) is 59.8 Å². The molecule has 5 nitrogen and oxygen atoms in total. The van der Waals surface area contributed by atoms with Crippen LogP contribution in [0.2, 0.25) is 0 Å². The Balaban J connectivity index is 1.39. The first-order valence-corrected chi connectivity index (χ1v) is 8.94. The van der Waals surface area contributed by atoms with Crippen LogP contribution in [0.5, 0.6) is 0 Å². The SMILES string of the molecule is O=C(CCc1cccc(F)c1)N1CCN(C(=O)CCc2ccco2)CC1. The number of aryl methyl sites for hydroxylation is 2. The van der Waals surface area contributed by atoms with Crippen molar-refractivity contribution in [2.75, 3.05) is 26.2 Å². The second kappa shape index (κ2) is 8.65. The first-order chi connectivity index (χ1) is 12.6. The molecule has 6 heteroatoms. The van der Waals surface area contributed by atoms with Crippen LogP contribution in [0.25, 0.3) is 0 Å². The molecule has 3 rings (SSSR count). The van der Waals surface area contributed by atoms with Crippen molar-refractivity contribution in [1.29, 1.82) is 0 Å². The molecule has 1 aromatic carbocycles. The van der Waals surface area contributed by atoms with Crippen molar-refractivity contribution < 1.29 is 18.4 Å². The van der Waals surface area contributed by atoms with Crippen molar-refractivity contribution in [2.24, 2.45) is 0 Å². The van der Waals surface area contributed by atoms with Crippen LogP contribution in [0.1, 0.15) is 24.2 Å². The molecule has 2 heterocycles. The Labute approximate surface area is 152 Å². The van der Waals surface area contributed by atoms with Gasteiger partial charge < -0.3 is 14.2 Å². The molecule has 0 aliphatic carbocycles. The number of furan rings is 1. The molecule has 1 aliphatic rings. The number of carbonyl (C=O) groups excluding carboxylic acids is 2. The van der Waals surface area contributed by atoms with Crippen LogP contribution in [0.3, 0.4) is 0 Å². The minimum atomic E-state index is -0.281. The van der Waals surface area contributed by atoms with Crippen molar-refractivity contribution in [2.45, 2.75) is 25.7 Å². The van der Waals surface area contributed by atoms with Crippen molar-refractivity contribution in [1.82, 2.24) is 9.80 Å². The molecule has 0 N–H and O–H groups in total. The average molecular weight is 358 g/mol. The van der Waals surface area contributed by atoms with Crippen molar-refractivity contribution >= 4 is 11.8 Å². The van der Waals surface area contributed by atoms with Gasteiger partial charge >= 0.3 is 0 Å². The summed E-state index contributed by atoms with van der Waals surface area (Å²) in [5, 5.41) is 0.